The SMILES string of the molecule is CN(C)C(=O)c1cc(C(C)(C)C(=O)O)ccc1-c1ccccc1. The van der Waals surface area contributed by atoms with Gasteiger partial charge in [0.2, 0.25) is 0 Å². The number of benzene rings is 2. The molecule has 0 fully saturated rings. The van der Waals surface area contributed by atoms with Crippen LogP contribution in [0.4, 0.5) is 0 Å². The van der Waals surface area contributed by atoms with Crippen LogP contribution in [0.15, 0.2) is 48.5 Å². The fraction of sp³-hybridized carbons (Fsp3) is 0.263. The third-order valence-electron chi connectivity index (χ3n) is 4.00. The van der Waals surface area contributed by atoms with Gasteiger partial charge in [0.15, 0.2) is 0 Å². The number of nitrogens with zero attached hydrogens (tertiary/aromatic N) is 1. The summed E-state index contributed by atoms with van der Waals surface area (Å²) < 4.78 is 0. The molecule has 2 aromatic carbocycles. The maximum atomic E-state index is 12.6. The average Bonchev–Trinajstić information content (AvgIpc) is 2.54. The van der Waals surface area contributed by atoms with Gasteiger partial charge in [0, 0.05) is 19.7 Å². The maximum Gasteiger partial charge on any atom is 0.313 e. The first-order valence-electron chi connectivity index (χ1n) is 7.40. The van der Waals surface area contributed by atoms with Crippen molar-refractivity contribution < 1.29 is 14.7 Å². The fourth-order valence-electron chi connectivity index (χ4n) is 2.34. The minimum absolute atomic E-state index is 0.146. The van der Waals surface area contributed by atoms with Crippen molar-refractivity contribution >= 4 is 11.9 Å². The quantitative estimate of drug-likeness (QED) is 0.941. The smallest absolute Gasteiger partial charge is 0.313 e. The van der Waals surface area contributed by atoms with Crippen molar-refractivity contribution in [3.05, 3.63) is 59.7 Å². The van der Waals surface area contributed by atoms with Gasteiger partial charge in [-0.2, -0.15) is 0 Å². The van der Waals surface area contributed by atoms with Crippen LogP contribution in [0.25, 0.3) is 11.1 Å². The lowest BCUT2D eigenvalue weighted by atomic mass is 9.82. The Morgan fingerprint density at radius 1 is 1.00 bits per heavy atom. The highest BCUT2D eigenvalue weighted by Gasteiger charge is 2.30. The molecule has 0 aliphatic heterocycles. The average molecular weight is 311 g/mol. The van der Waals surface area contributed by atoms with E-state index in [0.717, 1.165) is 11.1 Å². The molecule has 1 N–H and O–H groups in total. The summed E-state index contributed by atoms with van der Waals surface area (Å²) in [5.74, 6) is -1.07. The zero-order chi connectivity index (χ0) is 17.2. The molecule has 0 unspecified atom stereocenters. The van der Waals surface area contributed by atoms with E-state index in [-0.39, 0.29) is 5.91 Å². The Morgan fingerprint density at radius 3 is 2.13 bits per heavy atom. The molecule has 0 spiro atoms. The number of carbonyl (C=O) groups is 2. The van der Waals surface area contributed by atoms with E-state index in [2.05, 4.69) is 0 Å². The standard InChI is InChI=1S/C19H21NO3/c1-19(2,18(22)23)14-10-11-15(13-8-6-5-7-9-13)16(12-14)17(21)20(3)4/h5-12H,1-4H3,(H,22,23). The summed E-state index contributed by atoms with van der Waals surface area (Å²) in [5, 5.41) is 9.42. The zero-order valence-corrected chi connectivity index (χ0v) is 13.8. The van der Waals surface area contributed by atoms with Crippen LogP contribution in [-0.2, 0) is 10.2 Å². The first-order valence-corrected chi connectivity index (χ1v) is 7.40. The molecule has 0 aliphatic carbocycles. The number of rotatable bonds is 4. The zero-order valence-electron chi connectivity index (χ0n) is 13.8. The normalized spacial score (nSPS) is 11.1. The molecule has 4 nitrogen and oxygen atoms in total. The highest BCUT2D eigenvalue weighted by atomic mass is 16.4. The summed E-state index contributed by atoms with van der Waals surface area (Å²) in [7, 11) is 3.37. The van der Waals surface area contributed by atoms with Gasteiger partial charge in [-0.3, -0.25) is 9.59 Å². The molecule has 0 atom stereocenters. The minimum atomic E-state index is -1.06. The van der Waals surface area contributed by atoms with Gasteiger partial charge < -0.3 is 10.0 Å². The van der Waals surface area contributed by atoms with Crippen LogP contribution in [0, 0.1) is 0 Å². The maximum absolute atomic E-state index is 12.6. The molecule has 1 amide bonds. The summed E-state index contributed by atoms with van der Waals surface area (Å²) >= 11 is 0. The van der Waals surface area contributed by atoms with Gasteiger partial charge in [0.25, 0.3) is 5.91 Å². The number of carboxylic acid groups (broad SMARTS) is 1. The number of hydrogen-bond acceptors (Lipinski definition) is 2. The Kier molecular flexibility index (Phi) is 4.55. The molecule has 2 rings (SSSR count). The molecule has 4 heteroatoms. The van der Waals surface area contributed by atoms with E-state index in [4.69, 9.17) is 0 Å². The van der Waals surface area contributed by atoms with Gasteiger partial charge in [-0.15, -0.1) is 0 Å². The van der Waals surface area contributed by atoms with Crippen LogP contribution in [-0.4, -0.2) is 36.0 Å². The van der Waals surface area contributed by atoms with Crippen LogP contribution in [0.3, 0.4) is 0 Å². The van der Waals surface area contributed by atoms with E-state index in [1.165, 1.54) is 4.90 Å². The molecule has 0 aromatic heterocycles. The van der Waals surface area contributed by atoms with E-state index in [9.17, 15) is 14.7 Å². The van der Waals surface area contributed by atoms with Gasteiger partial charge in [0.1, 0.15) is 0 Å². The van der Waals surface area contributed by atoms with E-state index < -0.39 is 11.4 Å². The molecule has 0 aliphatic rings. The summed E-state index contributed by atoms with van der Waals surface area (Å²) in [6.45, 7) is 3.27. The number of aliphatic carboxylic acids is 1. The number of amides is 1. The Morgan fingerprint density at radius 2 is 1.61 bits per heavy atom. The molecule has 0 saturated heterocycles. The lowest BCUT2D eigenvalue weighted by Gasteiger charge is -2.22. The predicted octanol–water partition coefficient (Wildman–Crippen LogP) is 3.42. The molecule has 23 heavy (non-hydrogen) atoms. The monoisotopic (exact) mass is 311 g/mol. The highest BCUT2D eigenvalue weighted by molar-refractivity contribution is 6.01. The number of carboxylic acids is 1. The van der Waals surface area contributed by atoms with Crippen molar-refractivity contribution in [2.45, 2.75) is 19.3 Å². The molecular weight excluding hydrogens is 290 g/mol. The first kappa shape index (κ1) is 16.7. The number of carbonyl (C=O) groups excluding carboxylic acids is 1. The minimum Gasteiger partial charge on any atom is -0.481 e. The van der Waals surface area contributed by atoms with E-state index in [0.29, 0.717) is 11.1 Å². The topological polar surface area (TPSA) is 57.6 Å². The molecule has 0 saturated carbocycles. The molecule has 0 heterocycles. The fourth-order valence-corrected chi connectivity index (χ4v) is 2.34. The molecule has 120 valence electrons. The molecular formula is C19H21NO3. The van der Waals surface area contributed by atoms with Crippen LogP contribution >= 0.6 is 0 Å². The Labute approximate surface area is 136 Å². The van der Waals surface area contributed by atoms with Crippen molar-refractivity contribution in [1.29, 1.82) is 0 Å². The lowest BCUT2D eigenvalue weighted by Crippen LogP contribution is -2.29. The van der Waals surface area contributed by atoms with Crippen molar-refractivity contribution in [3.63, 3.8) is 0 Å². The second-order valence-electron chi connectivity index (χ2n) is 6.26. The van der Waals surface area contributed by atoms with E-state index in [1.807, 2.05) is 36.4 Å². The van der Waals surface area contributed by atoms with Gasteiger partial charge in [-0.1, -0.05) is 42.5 Å². The second-order valence-corrected chi connectivity index (χ2v) is 6.26. The summed E-state index contributed by atoms with van der Waals surface area (Å²) in [6.07, 6.45) is 0. The van der Waals surface area contributed by atoms with Crippen molar-refractivity contribution in [1.82, 2.24) is 4.90 Å². The summed E-state index contributed by atoms with van der Waals surface area (Å²) in [5.41, 5.74) is 1.78. The van der Waals surface area contributed by atoms with Crippen LogP contribution < -0.4 is 0 Å². The van der Waals surface area contributed by atoms with Gasteiger partial charge in [-0.05, 0) is 36.6 Å². The largest absolute Gasteiger partial charge is 0.481 e. The van der Waals surface area contributed by atoms with Crippen LogP contribution in [0.5, 0.6) is 0 Å². The number of hydrogen-bond donors (Lipinski definition) is 1. The van der Waals surface area contributed by atoms with Crippen LogP contribution in [0.2, 0.25) is 0 Å². The molecule has 0 radical (unpaired) electrons. The predicted molar refractivity (Wildman–Crippen MR) is 90.6 cm³/mol. The second kappa shape index (κ2) is 6.24. The van der Waals surface area contributed by atoms with Gasteiger partial charge in [0.05, 0.1) is 5.41 Å². The Hall–Kier alpha value is -2.62. The van der Waals surface area contributed by atoms with Crippen molar-refractivity contribution in [2.75, 3.05) is 14.1 Å². The summed E-state index contributed by atoms with van der Waals surface area (Å²) in [6, 6.07) is 14.9. The third-order valence-corrected chi connectivity index (χ3v) is 4.00. The van der Waals surface area contributed by atoms with Gasteiger partial charge in [-0.25, -0.2) is 0 Å². The third kappa shape index (κ3) is 3.26. The summed E-state index contributed by atoms with van der Waals surface area (Å²) in [4.78, 5) is 25.6. The Balaban J connectivity index is 2.66. The molecule has 2 aromatic rings. The first-order chi connectivity index (χ1) is 10.7. The van der Waals surface area contributed by atoms with Crippen LogP contribution in [0.1, 0.15) is 29.8 Å². The van der Waals surface area contributed by atoms with Crippen molar-refractivity contribution in [3.8, 4) is 11.1 Å². The van der Waals surface area contributed by atoms with E-state index >= 15 is 0 Å². The highest BCUT2D eigenvalue weighted by Crippen LogP contribution is 2.31. The van der Waals surface area contributed by atoms with Gasteiger partial charge >= 0.3 is 5.97 Å². The lowest BCUT2D eigenvalue weighted by molar-refractivity contribution is -0.142. The van der Waals surface area contributed by atoms with E-state index in [1.54, 1.807) is 40.1 Å². The van der Waals surface area contributed by atoms with Crippen molar-refractivity contribution in [2.24, 2.45) is 0 Å². The molecule has 0 bridgehead atoms. The Bertz CT molecular complexity index is 734.